The average molecular weight is 393 g/mol. The first kappa shape index (κ1) is 12.6. The van der Waals surface area contributed by atoms with Crippen LogP contribution in [0.4, 0.5) is 4.79 Å². The van der Waals surface area contributed by atoms with E-state index in [4.69, 9.17) is 5.73 Å². The molecule has 2 heterocycles. The van der Waals surface area contributed by atoms with Crippen LogP contribution in [0, 0.1) is 5.92 Å². The van der Waals surface area contributed by atoms with Gasteiger partial charge in [0.05, 0.1) is 3.79 Å². The third-order valence-electron chi connectivity index (χ3n) is 3.15. The first-order valence-electron chi connectivity index (χ1n) is 5.65. The number of nitrogens with zero attached hydrogens (tertiary/aromatic N) is 2. The molecule has 0 radical (unpaired) electrons. The highest BCUT2D eigenvalue weighted by molar-refractivity contribution is 9.13. The van der Waals surface area contributed by atoms with Gasteiger partial charge in [0.15, 0.2) is 0 Å². The van der Waals surface area contributed by atoms with E-state index in [2.05, 4.69) is 36.9 Å². The minimum absolute atomic E-state index is 0.189. The molecule has 1 aromatic rings. The van der Waals surface area contributed by atoms with Crippen LogP contribution in [0.15, 0.2) is 19.3 Å². The van der Waals surface area contributed by atoms with Gasteiger partial charge in [0.2, 0.25) is 0 Å². The molecule has 1 atom stereocenters. The zero-order chi connectivity index (χ0) is 12.9. The summed E-state index contributed by atoms with van der Waals surface area (Å²) in [6.45, 7) is 0.765. The highest BCUT2D eigenvalue weighted by Crippen LogP contribution is 2.41. The predicted octanol–water partition coefficient (Wildman–Crippen LogP) is 3.52. The summed E-state index contributed by atoms with van der Waals surface area (Å²) >= 11 is 8.51. The fourth-order valence-electron chi connectivity index (χ4n) is 2.07. The molecule has 0 spiro atoms. The Morgan fingerprint density at radius 2 is 2.22 bits per heavy atom. The molecule has 1 aliphatic heterocycles. The topological polar surface area (TPSA) is 58.7 Å². The number of thiophene rings is 1. The highest BCUT2D eigenvalue weighted by Gasteiger charge is 2.39. The minimum atomic E-state index is -0.204. The van der Waals surface area contributed by atoms with E-state index >= 15 is 0 Å². The van der Waals surface area contributed by atoms with Crippen LogP contribution in [0.1, 0.15) is 23.8 Å². The van der Waals surface area contributed by atoms with Crippen LogP contribution in [-0.2, 0) is 0 Å². The quantitative estimate of drug-likeness (QED) is 0.855. The van der Waals surface area contributed by atoms with Gasteiger partial charge in [-0.3, -0.25) is 0 Å². The molecule has 2 N–H and O–H groups in total. The molecule has 0 aromatic carbocycles. The number of aliphatic imine (C=N–C) groups is 1. The van der Waals surface area contributed by atoms with Crippen molar-refractivity contribution in [2.75, 3.05) is 6.54 Å². The van der Waals surface area contributed by atoms with Crippen LogP contribution in [0.25, 0.3) is 0 Å². The van der Waals surface area contributed by atoms with Gasteiger partial charge in [-0.05, 0) is 56.7 Å². The Balaban J connectivity index is 1.91. The van der Waals surface area contributed by atoms with Crippen molar-refractivity contribution in [1.29, 1.82) is 0 Å². The van der Waals surface area contributed by atoms with Crippen molar-refractivity contribution in [2.24, 2.45) is 16.6 Å². The summed E-state index contributed by atoms with van der Waals surface area (Å²) in [6.07, 6.45) is 2.41. The Kier molecular flexibility index (Phi) is 3.23. The standard InChI is InChI=1S/C11H11Br2N3OS/c12-6-3-7(18-9(6)13)8-10(14)15-11(17)16(8)4-5-1-2-5/h3,5,8H,1-2,4H2,(H2,14,15,17). The van der Waals surface area contributed by atoms with E-state index in [1.54, 1.807) is 16.2 Å². The van der Waals surface area contributed by atoms with E-state index < -0.39 is 0 Å². The summed E-state index contributed by atoms with van der Waals surface area (Å²) in [4.78, 5) is 18.6. The minimum Gasteiger partial charge on any atom is -0.385 e. The molecule has 2 aliphatic rings. The second kappa shape index (κ2) is 4.61. The van der Waals surface area contributed by atoms with Gasteiger partial charge >= 0.3 is 6.03 Å². The summed E-state index contributed by atoms with van der Waals surface area (Å²) in [7, 11) is 0. The lowest BCUT2D eigenvalue weighted by atomic mass is 10.2. The third-order valence-corrected chi connectivity index (χ3v) is 6.46. The van der Waals surface area contributed by atoms with Crippen LogP contribution in [0.2, 0.25) is 0 Å². The summed E-state index contributed by atoms with van der Waals surface area (Å²) in [5.74, 6) is 1.03. The predicted molar refractivity (Wildman–Crippen MR) is 78.9 cm³/mol. The molecule has 1 unspecified atom stereocenters. The van der Waals surface area contributed by atoms with Gasteiger partial charge in [-0.1, -0.05) is 0 Å². The lowest BCUT2D eigenvalue weighted by Crippen LogP contribution is -2.34. The normalized spacial score (nSPS) is 23.7. The number of amidine groups is 1. The molecule has 1 fully saturated rings. The smallest absolute Gasteiger partial charge is 0.346 e. The van der Waals surface area contributed by atoms with Gasteiger partial charge in [0, 0.05) is 15.9 Å². The molecule has 2 amide bonds. The molecule has 96 valence electrons. The van der Waals surface area contributed by atoms with Gasteiger partial charge in [0.1, 0.15) is 11.9 Å². The van der Waals surface area contributed by atoms with Crippen LogP contribution in [0.3, 0.4) is 0 Å². The van der Waals surface area contributed by atoms with Crippen LogP contribution in [-0.4, -0.2) is 23.3 Å². The van der Waals surface area contributed by atoms with Crippen molar-refractivity contribution >= 4 is 55.1 Å². The Hall–Kier alpha value is -0.400. The second-order valence-electron chi connectivity index (χ2n) is 4.59. The van der Waals surface area contributed by atoms with E-state index in [1.807, 2.05) is 6.07 Å². The average Bonchev–Trinajstić information content (AvgIpc) is 2.99. The fraction of sp³-hybridized carbons (Fsp3) is 0.455. The molecule has 3 rings (SSSR count). The van der Waals surface area contributed by atoms with Crippen molar-refractivity contribution in [3.05, 3.63) is 19.2 Å². The summed E-state index contributed by atoms with van der Waals surface area (Å²) in [5, 5.41) is 0. The molecular weight excluding hydrogens is 382 g/mol. The molecule has 1 aliphatic carbocycles. The van der Waals surface area contributed by atoms with Crippen molar-refractivity contribution in [3.63, 3.8) is 0 Å². The number of rotatable bonds is 3. The molecule has 4 nitrogen and oxygen atoms in total. The van der Waals surface area contributed by atoms with E-state index in [9.17, 15) is 4.79 Å². The van der Waals surface area contributed by atoms with E-state index in [0.717, 1.165) is 19.7 Å². The molecule has 1 saturated carbocycles. The number of carbonyl (C=O) groups excluding carboxylic acids is 1. The van der Waals surface area contributed by atoms with E-state index in [1.165, 1.54) is 12.8 Å². The number of amides is 2. The fourth-order valence-corrected chi connectivity index (χ4v) is 4.28. The molecule has 1 aromatic heterocycles. The molecule has 18 heavy (non-hydrogen) atoms. The molecular formula is C11H11Br2N3OS. The van der Waals surface area contributed by atoms with Gasteiger partial charge < -0.3 is 10.6 Å². The molecule has 0 saturated heterocycles. The van der Waals surface area contributed by atoms with Crippen LogP contribution in [0.5, 0.6) is 0 Å². The van der Waals surface area contributed by atoms with Gasteiger partial charge in [-0.2, -0.15) is 4.99 Å². The highest BCUT2D eigenvalue weighted by atomic mass is 79.9. The molecule has 7 heteroatoms. The number of hydrogen-bond donors (Lipinski definition) is 1. The van der Waals surface area contributed by atoms with Crippen molar-refractivity contribution in [1.82, 2.24) is 4.90 Å². The number of halogens is 2. The first-order valence-corrected chi connectivity index (χ1v) is 8.06. The van der Waals surface area contributed by atoms with Crippen LogP contribution >= 0.6 is 43.2 Å². The van der Waals surface area contributed by atoms with Crippen molar-refractivity contribution in [2.45, 2.75) is 18.9 Å². The lowest BCUT2D eigenvalue weighted by Gasteiger charge is -2.23. The lowest BCUT2D eigenvalue weighted by molar-refractivity contribution is 0.204. The first-order chi connectivity index (χ1) is 8.56. The van der Waals surface area contributed by atoms with E-state index in [-0.39, 0.29) is 12.1 Å². The maximum absolute atomic E-state index is 11.9. The third kappa shape index (κ3) is 2.23. The summed E-state index contributed by atoms with van der Waals surface area (Å²) in [5.41, 5.74) is 5.91. The summed E-state index contributed by atoms with van der Waals surface area (Å²) in [6, 6.07) is 1.61. The van der Waals surface area contributed by atoms with Gasteiger partial charge in [-0.15, -0.1) is 11.3 Å². The monoisotopic (exact) mass is 391 g/mol. The van der Waals surface area contributed by atoms with Crippen molar-refractivity contribution in [3.8, 4) is 0 Å². The Morgan fingerprint density at radius 3 is 2.78 bits per heavy atom. The van der Waals surface area contributed by atoms with Crippen LogP contribution < -0.4 is 5.73 Å². The van der Waals surface area contributed by atoms with Crippen molar-refractivity contribution < 1.29 is 4.79 Å². The molecule has 0 bridgehead atoms. The number of nitrogens with two attached hydrogens (primary N) is 1. The van der Waals surface area contributed by atoms with Gasteiger partial charge in [-0.25, -0.2) is 4.79 Å². The summed E-state index contributed by atoms with van der Waals surface area (Å²) < 4.78 is 2.00. The SMILES string of the molecule is NC1=NC(=O)N(CC2CC2)C1c1cc(Br)c(Br)s1. The Morgan fingerprint density at radius 1 is 1.50 bits per heavy atom. The number of urea groups is 1. The Labute approximate surface area is 126 Å². The number of carbonyl (C=O) groups is 1. The maximum Gasteiger partial charge on any atom is 0.346 e. The zero-order valence-electron chi connectivity index (χ0n) is 9.40. The van der Waals surface area contributed by atoms with Gasteiger partial charge in [0.25, 0.3) is 0 Å². The van der Waals surface area contributed by atoms with E-state index in [0.29, 0.717) is 11.8 Å². The maximum atomic E-state index is 11.9. The number of hydrogen-bond acceptors (Lipinski definition) is 3. The largest absolute Gasteiger partial charge is 0.385 e. The second-order valence-corrected chi connectivity index (χ2v) is 7.84. The zero-order valence-corrected chi connectivity index (χ0v) is 13.4. The Bertz CT molecular complexity index is 519.